The Morgan fingerprint density at radius 2 is 1.94 bits per heavy atom. The van der Waals surface area contributed by atoms with Crippen LogP contribution in [0.1, 0.15) is 20.3 Å². The molecule has 3 aliphatic rings. The lowest BCUT2D eigenvalue weighted by Gasteiger charge is -2.48. The third-order valence-electron chi connectivity index (χ3n) is 4.68. The Morgan fingerprint density at radius 1 is 1.25 bits per heavy atom. The molecule has 90 valence electrons. The maximum atomic E-state index is 9.59. The first kappa shape index (κ1) is 10.8. The Kier molecular flexibility index (Phi) is 2.23. The molecule has 0 radical (unpaired) electrons. The molecule has 3 rings (SSSR count). The molecule has 1 saturated heterocycles. The number of allylic oxidation sites excluding steroid dienone is 2. The van der Waals surface area contributed by atoms with Crippen LogP contribution in [0.25, 0.3) is 0 Å². The van der Waals surface area contributed by atoms with E-state index in [9.17, 15) is 5.11 Å². The van der Waals surface area contributed by atoms with Crippen LogP contribution in [0.3, 0.4) is 0 Å². The fourth-order valence-electron chi connectivity index (χ4n) is 3.60. The highest BCUT2D eigenvalue weighted by Crippen LogP contribution is 2.57. The first-order valence-electron chi connectivity index (χ1n) is 6.14. The predicted octanol–water partition coefficient (Wildman–Crippen LogP) is 1.57. The van der Waals surface area contributed by atoms with E-state index in [0.717, 1.165) is 13.2 Å². The summed E-state index contributed by atoms with van der Waals surface area (Å²) in [6.07, 6.45) is 5.72. The van der Waals surface area contributed by atoms with Crippen molar-refractivity contribution < 1.29 is 14.6 Å². The molecule has 1 spiro atoms. The molecule has 0 aromatic rings. The third kappa shape index (κ3) is 1.31. The van der Waals surface area contributed by atoms with Crippen molar-refractivity contribution in [2.24, 2.45) is 23.2 Å². The Hall–Kier alpha value is -0.380. The van der Waals surface area contributed by atoms with Gasteiger partial charge in [-0.3, -0.25) is 0 Å². The van der Waals surface area contributed by atoms with E-state index < -0.39 is 5.79 Å². The Labute approximate surface area is 96.4 Å². The number of fused-ring (bicyclic) bond motifs is 3. The second-order valence-corrected chi connectivity index (χ2v) is 5.89. The van der Waals surface area contributed by atoms with Gasteiger partial charge < -0.3 is 14.6 Å². The molecule has 0 amide bonds. The van der Waals surface area contributed by atoms with E-state index in [2.05, 4.69) is 12.2 Å². The van der Waals surface area contributed by atoms with Gasteiger partial charge in [-0.2, -0.15) is 0 Å². The molecular weight excluding hydrogens is 204 g/mol. The zero-order valence-electron chi connectivity index (χ0n) is 9.98. The minimum Gasteiger partial charge on any atom is -0.396 e. The molecule has 2 bridgehead atoms. The van der Waals surface area contributed by atoms with Crippen molar-refractivity contribution in [2.75, 3.05) is 19.8 Å². The van der Waals surface area contributed by atoms with Crippen molar-refractivity contribution in [3.8, 4) is 0 Å². The zero-order chi connectivity index (χ0) is 11.4. The van der Waals surface area contributed by atoms with Crippen LogP contribution in [0.15, 0.2) is 12.2 Å². The van der Waals surface area contributed by atoms with Gasteiger partial charge in [0.15, 0.2) is 5.79 Å². The first-order chi connectivity index (χ1) is 7.57. The molecule has 1 N–H and O–H groups in total. The van der Waals surface area contributed by atoms with Crippen LogP contribution >= 0.6 is 0 Å². The van der Waals surface area contributed by atoms with Gasteiger partial charge in [0.1, 0.15) is 0 Å². The van der Waals surface area contributed by atoms with E-state index in [4.69, 9.17) is 9.47 Å². The molecule has 2 fully saturated rings. The van der Waals surface area contributed by atoms with Gasteiger partial charge in [0.05, 0.1) is 13.2 Å². The molecule has 3 heteroatoms. The van der Waals surface area contributed by atoms with Crippen LogP contribution in [-0.2, 0) is 9.47 Å². The van der Waals surface area contributed by atoms with Crippen molar-refractivity contribution in [2.45, 2.75) is 26.1 Å². The summed E-state index contributed by atoms with van der Waals surface area (Å²) < 4.78 is 11.6. The van der Waals surface area contributed by atoms with E-state index in [-0.39, 0.29) is 12.0 Å². The van der Waals surface area contributed by atoms with Crippen LogP contribution in [0.5, 0.6) is 0 Å². The van der Waals surface area contributed by atoms with Crippen LogP contribution in [-0.4, -0.2) is 30.7 Å². The van der Waals surface area contributed by atoms with Gasteiger partial charge in [0.2, 0.25) is 0 Å². The largest absolute Gasteiger partial charge is 0.396 e. The van der Waals surface area contributed by atoms with Gasteiger partial charge in [0.25, 0.3) is 0 Å². The third-order valence-corrected chi connectivity index (χ3v) is 4.68. The first-order valence-corrected chi connectivity index (χ1v) is 6.14. The van der Waals surface area contributed by atoms with Crippen LogP contribution in [0.4, 0.5) is 0 Å². The van der Waals surface area contributed by atoms with Crippen molar-refractivity contribution in [3.05, 3.63) is 12.2 Å². The number of aliphatic hydroxyl groups is 1. The highest BCUT2D eigenvalue weighted by molar-refractivity contribution is 5.19. The molecule has 16 heavy (non-hydrogen) atoms. The number of hydrogen-bond acceptors (Lipinski definition) is 3. The Balaban J connectivity index is 1.86. The van der Waals surface area contributed by atoms with Gasteiger partial charge in [0, 0.05) is 12.0 Å². The quantitative estimate of drug-likeness (QED) is 0.687. The second-order valence-electron chi connectivity index (χ2n) is 5.89. The van der Waals surface area contributed by atoms with Crippen LogP contribution < -0.4 is 0 Å². The van der Waals surface area contributed by atoms with E-state index in [1.54, 1.807) is 0 Å². The van der Waals surface area contributed by atoms with Crippen molar-refractivity contribution in [1.29, 1.82) is 0 Å². The lowest BCUT2D eigenvalue weighted by molar-refractivity contribution is -0.298. The number of aliphatic hydroxyl groups excluding tert-OH is 1. The zero-order valence-corrected chi connectivity index (χ0v) is 9.98. The topological polar surface area (TPSA) is 38.7 Å². The molecule has 0 aromatic carbocycles. The molecule has 2 aliphatic carbocycles. The average molecular weight is 224 g/mol. The van der Waals surface area contributed by atoms with E-state index in [0.29, 0.717) is 17.8 Å². The smallest absolute Gasteiger partial charge is 0.162 e. The van der Waals surface area contributed by atoms with E-state index in [1.807, 2.05) is 13.8 Å². The van der Waals surface area contributed by atoms with Crippen LogP contribution in [0, 0.1) is 23.2 Å². The summed E-state index contributed by atoms with van der Waals surface area (Å²) in [6.45, 7) is 5.60. The van der Waals surface area contributed by atoms with Crippen molar-refractivity contribution >= 4 is 0 Å². The lowest BCUT2D eigenvalue weighted by Crippen LogP contribution is -2.52. The molecule has 3 atom stereocenters. The molecule has 1 saturated carbocycles. The summed E-state index contributed by atoms with van der Waals surface area (Å²) in [5.74, 6) is 0.921. The lowest BCUT2D eigenvalue weighted by atomic mass is 9.69. The van der Waals surface area contributed by atoms with Gasteiger partial charge in [-0.15, -0.1) is 0 Å². The fraction of sp³-hybridized carbons (Fsp3) is 0.846. The standard InChI is InChI=1S/C13H20O3/c1-12(2)15-7-13(8-16-12)10-4-3-9(5-10)11(13)6-14/h3-4,9-11,14H,5-8H2,1-2H3/t9-,10?,11-/m0/s1. The monoisotopic (exact) mass is 224 g/mol. The highest BCUT2D eigenvalue weighted by atomic mass is 16.7. The molecule has 3 nitrogen and oxygen atoms in total. The summed E-state index contributed by atoms with van der Waals surface area (Å²) >= 11 is 0. The SMILES string of the molecule is CC1(C)OCC2(CO1)C1C=C[C@@H](C1)[C@@H]2CO. The molecule has 1 unspecified atom stereocenters. The van der Waals surface area contributed by atoms with Gasteiger partial charge >= 0.3 is 0 Å². The van der Waals surface area contributed by atoms with Crippen molar-refractivity contribution in [3.63, 3.8) is 0 Å². The van der Waals surface area contributed by atoms with Crippen molar-refractivity contribution in [1.82, 2.24) is 0 Å². The van der Waals surface area contributed by atoms with Gasteiger partial charge in [-0.05, 0) is 38.0 Å². The summed E-state index contributed by atoms with van der Waals surface area (Å²) in [7, 11) is 0. The highest BCUT2D eigenvalue weighted by Gasteiger charge is 2.58. The number of hydrogen-bond donors (Lipinski definition) is 1. The van der Waals surface area contributed by atoms with E-state index >= 15 is 0 Å². The molecule has 1 aliphatic heterocycles. The summed E-state index contributed by atoms with van der Waals surface area (Å²) in [4.78, 5) is 0. The fourth-order valence-corrected chi connectivity index (χ4v) is 3.60. The Bertz CT molecular complexity index is 311. The predicted molar refractivity (Wildman–Crippen MR) is 59.7 cm³/mol. The van der Waals surface area contributed by atoms with Crippen LogP contribution in [0.2, 0.25) is 0 Å². The average Bonchev–Trinajstić information content (AvgIpc) is 2.81. The normalized spacial score (nSPS) is 43.1. The number of ether oxygens (including phenoxy) is 2. The van der Waals surface area contributed by atoms with Gasteiger partial charge in [-0.25, -0.2) is 0 Å². The Morgan fingerprint density at radius 3 is 2.56 bits per heavy atom. The maximum absolute atomic E-state index is 9.59. The molecule has 0 aromatic heterocycles. The minimum atomic E-state index is -0.462. The summed E-state index contributed by atoms with van der Waals surface area (Å²) in [6, 6.07) is 0. The second kappa shape index (κ2) is 3.31. The molecular formula is C13H20O3. The summed E-state index contributed by atoms with van der Waals surface area (Å²) in [5.41, 5.74) is 0.0314. The minimum absolute atomic E-state index is 0.0314. The van der Waals surface area contributed by atoms with E-state index in [1.165, 1.54) is 6.42 Å². The maximum Gasteiger partial charge on any atom is 0.162 e. The number of rotatable bonds is 1. The summed E-state index contributed by atoms with van der Waals surface area (Å²) in [5, 5.41) is 9.59. The molecule has 1 heterocycles. The van der Waals surface area contributed by atoms with Gasteiger partial charge in [-0.1, -0.05) is 12.2 Å².